The molecule has 0 fully saturated rings. The van der Waals surface area contributed by atoms with E-state index in [4.69, 9.17) is 9.47 Å². The summed E-state index contributed by atoms with van der Waals surface area (Å²) in [6.07, 6.45) is 0. The molecule has 0 saturated heterocycles. The number of carbonyl (C=O) groups is 3. The van der Waals surface area contributed by atoms with Crippen LogP contribution in [-0.4, -0.2) is 31.9 Å². The highest BCUT2D eigenvalue weighted by atomic mass is 16.5. The SMILES string of the molecule is COc1cc(NC2=C(c3ccccc3)C(=O)N(c3ccc(NC(C)=O)cc3)C2=O)cc(OC)c1. The van der Waals surface area contributed by atoms with Gasteiger partial charge in [-0.1, -0.05) is 30.3 Å². The standard InChI is InChI=1S/C26H23N3O5/c1-16(30)27-18-9-11-20(12-10-18)29-25(31)23(17-7-5-4-6-8-17)24(26(29)32)28-19-13-21(33-2)15-22(14-19)34-3/h4-15,28H,1-3H3,(H,27,30). The minimum atomic E-state index is -0.502. The van der Waals surface area contributed by atoms with E-state index in [2.05, 4.69) is 10.6 Å². The van der Waals surface area contributed by atoms with E-state index >= 15 is 0 Å². The average Bonchev–Trinajstić information content (AvgIpc) is 3.08. The number of hydrogen-bond acceptors (Lipinski definition) is 6. The summed E-state index contributed by atoms with van der Waals surface area (Å²) in [5, 5.41) is 5.78. The van der Waals surface area contributed by atoms with Crippen molar-refractivity contribution in [1.82, 2.24) is 0 Å². The first-order valence-corrected chi connectivity index (χ1v) is 10.5. The Hall–Kier alpha value is -4.59. The molecule has 8 heteroatoms. The van der Waals surface area contributed by atoms with Crippen LogP contribution in [0.3, 0.4) is 0 Å². The Morgan fingerprint density at radius 1 is 0.794 bits per heavy atom. The van der Waals surface area contributed by atoms with E-state index in [0.29, 0.717) is 34.1 Å². The maximum Gasteiger partial charge on any atom is 0.282 e. The Labute approximate surface area is 196 Å². The fourth-order valence-electron chi connectivity index (χ4n) is 3.67. The van der Waals surface area contributed by atoms with Crippen molar-refractivity contribution in [3.8, 4) is 11.5 Å². The first kappa shape index (κ1) is 22.6. The van der Waals surface area contributed by atoms with Gasteiger partial charge in [-0.05, 0) is 29.8 Å². The van der Waals surface area contributed by atoms with E-state index in [1.54, 1.807) is 66.7 Å². The van der Waals surface area contributed by atoms with Crippen LogP contribution in [0.25, 0.3) is 5.57 Å². The van der Waals surface area contributed by atoms with E-state index in [0.717, 1.165) is 4.90 Å². The molecule has 2 N–H and O–H groups in total. The highest BCUT2D eigenvalue weighted by molar-refractivity contribution is 6.46. The fraction of sp³-hybridized carbons (Fsp3) is 0.115. The number of amides is 3. The number of nitrogens with one attached hydrogen (secondary N) is 2. The van der Waals surface area contributed by atoms with Crippen molar-refractivity contribution in [2.45, 2.75) is 6.92 Å². The summed E-state index contributed by atoms with van der Waals surface area (Å²) in [5.74, 6) is -0.107. The quantitative estimate of drug-likeness (QED) is 0.520. The molecule has 4 rings (SSSR count). The molecule has 0 aliphatic carbocycles. The Balaban J connectivity index is 1.76. The molecular weight excluding hydrogens is 434 g/mol. The summed E-state index contributed by atoms with van der Waals surface area (Å²) >= 11 is 0. The average molecular weight is 457 g/mol. The molecule has 1 heterocycles. The van der Waals surface area contributed by atoms with Crippen LogP contribution in [0.4, 0.5) is 17.1 Å². The number of imide groups is 1. The van der Waals surface area contributed by atoms with E-state index in [1.807, 2.05) is 6.07 Å². The minimum absolute atomic E-state index is 0.137. The van der Waals surface area contributed by atoms with Gasteiger partial charge in [-0.25, -0.2) is 4.90 Å². The molecule has 3 aromatic rings. The lowest BCUT2D eigenvalue weighted by molar-refractivity contribution is -0.120. The van der Waals surface area contributed by atoms with Crippen molar-refractivity contribution < 1.29 is 23.9 Å². The Morgan fingerprint density at radius 2 is 1.41 bits per heavy atom. The molecule has 3 aromatic carbocycles. The smallest absolute Gasteiger partial charge is 0.282 e. The summed E-state index contributed by atoms with van der Waals surface area (Å²) < 4.78 is 10.6. The highest BCUT2D eigenvalue weighted by Crippen LogP contribution is 2.35. The van der Waals surface area contributed by atoms with E-state index in [9.17, 15) is 14.4 Å². The van der Waals surface area contributed by atoms with Gasteiger partial charge in [-0.15, -0.1) is 0 Å². The highest BCUT2D eigenvalue weighted by Gasteiger charge is 2.40. The first-order chi connectivity index (χ1) is 16.4. The second-order valence-corrected chi connectivity index (χ2v) is 7.52. The van der Waals surface area contributed by atoms with Crippen LogP contribution >= 0.6 is 0 Å². The van der Waals surface area contributed by atoms with Gasteiger partial charge in [0.25, 0.3) is 11.8 Å². The zero-order chi connectivity index (χ0) is 24.2. The second-order valence-electron chi connectivity index (χ2n) is 7.52. The van der Waals surface area contributed by atoms with Gasteiger partial charge < -0.3 is 20.1 Å². The molecule has 8 nitrogen and oxygen atoms in total. The molecule has 3 amide bonds. The molecule has 34 heavy (non-hydrogen) atoms. The Kier molecular flexibility index (Phi) is 6.31. The largest absolute Gasteiger partial charge is 0.497 e. The van der Waals surface area contributed by atoms with Gasteiger partial charge in [-0.3, -0.25) is 14.4 Å². The van der Waals surface area contributed by atoms with Gasteiger partial charge >= 0.3 is 0 Å². The lowest BCUT2D eigenvalue weighted by Gasteiger charge is -2.16. The maximum absolute atomic E-state index is 13.5. The zero-order valence-electron chi connectivity index (χ0n) is 18.9. The van der Waals surface area contributed by atoms with E-state index in [-0.39, 0.29) is 17.2 Å². The van der Waals surface area contributed by atoms with E-state index in [1.165, 1.54) is 21.1 Å². The number of nitrogens with zero attached hydrogens (tertiary/aromatic N) is 1. The third kappa shape index (κ3) is 4.47. The topological polar surface area (TPSA) is 97.0 Å². The van der Waals surface area contributed by atoms with Crippen LogP contribution in [0, 0.1) is 0 Å². The predicted molar refractivity (Wildman–Crippen MR) is 130 cm³/mol. The number of methoxy groups -OCH3 is 2. The van der Waals surface area contributed by atoms with Crippen LogP contribution in [0.5, 0.6) is 11.5 Å². The summed E-state index contributed by atoms with van der Waals surface area (Å²) in [6, 6.07) is 20.6. The van der Waals surface area contributed by atoms with Crippen molar-refractivity contribution in [2.24, 2.45) is 0 Å². The molecule has 0 bridgehead atoms. The van der Waals surface area contributed by atoms with Crippen molar-refractivity contribution >= 4 is 40.4 Å². The molecule has 1 aliphatic rings. The predicted octanol–water partition coefficient (Wildman–Crippen LogP) is 4.06. The van der Waals surface area contributed by atoms with Crippen molar-refractivity contribution in [3.05, 3.63) is 84.1 Å². The van der Waals surface area contributed by atoms with Gasteiger partial charge in [0.05, 0.1) is 25.5 Å². The van der Waals surface area contributed by atoms with Gasteiger partial charge in [0, 0.05) is 36.5 Å². The second kappa shape index (κ2) is 9.50. The number of carbonyl (C=O) groups excluding carboxylic acids is 3. The lowest BCUT2D eigenvalue weighted by atomic mass is 10.0. The molecule has 172 valence electrons. The van der Waals surface area contributed by atoms with E-state index < -0.39 is 11.8 Å². The summed E-state index contributed by atoms with van der Waals surface area (Å²) in [5.41, 5.74) is 2.47. The third-order valence-electron chi connectivity index (χ3n) is 5.21. The van der Waals surface area contributed by atoms with Crippen LogP contribution < -0.4 is 25.0 Å². The maximum atomic E-state index is 13.5. The first-order valence-electron chi connectivity index (χ1n) is 10.5. The molecule has 1 aliphatic heterocycles. The van der Waals surface area contributed by atoms with Crippen molar-refractivity contribution in [3.63, 3.8) is 0 Å². The molecular formula is C26H23N3O5. The van der Waals surface area contributed by atoms with Gasteiger partial charge in [0.1, 0.15) is 17.2 Å². The number of hydrogen-bond donors (Lipinski definition) is 2. The van der Waals surface area contributed by atoms with Crippen LogP contribution in [0.2, 0.25) is 0 Å². The number of ether oxygens (including phenoxy) is 2. The molecule has 0 radical (unpaired) electrons. The number of rotatable bonds is 7. The van der Waals surface area contributed by atoms with Gasteiger partial charge in [-0.2, -0.15) is 0 Å². The number of anilines is 3. The fourth-order valence-corrected chi connectivity index (χ4v) is 3.67. The molecule has 0 spiro atoms. The Bertz CT molecular complexity index is 1260. The summed E-state index contributed by atoms with van der Waals surface area (Å²) in [7, 11) is 3.06. The normalized spacial score (nSPS) is 13.2. The lowest BCUT2D eigenvalue weighted by Crippen LogP contribution is -2.32. The summed E-state index contributed by atoms with van der Waals surface area (Å²) in [6.45, 7) is 1.41. The summed E-state index contributed by atoms with van der Waals surface area (Å²) in [4.78, 5) is 39.5. The monoisotopic (exact) mass is 457 g/mol. The van der Waals surface area contributed by atoms with Gasteiger partial charge in [0.2, 0.25) is 5.91 Å². The Morgan fingerprint density at radius 3 is 1.97 bits per heavy atom. The third-order valence-corrected chi connectivity index (χ3v) is 5.21. The van der Waals surface area contributed by atoms with Crippen molar-refractivity contribution in [2.75, 3.05) is 29.8 Å². The van der Waals surface area contributed by atoms with Crippen LogP contribution in [0.15, 0.2) is 78.5 Å². The van der Waals surface area contributed by atoms with Crippen molar-refractivity contribution in [1.29, 1.82) is 0 Å². The molecule has 0 atom stereocenters. The molecule has 0 unspecified atom stereocenters. The van der Waals surface area contributed by atoms with Crippen LogP contribution in [-0.2, 0) is 14.4 Å². The zero-order valence-corrected chi connectivity index (χ0v) is 18.9. The van der Waals surface area contributed by atoms with Crippen LogP contribution in [0.1, 0.15) is 12.5 Å². The minimum Gasteiger partial charge on any atom is -0.497 e. The molecule has 0 saturated carbocycles. The van der Waals surface area contributed by atoms with Gasteiger partial charge in [0.15, 0.2) is 0 Å². The number of benzene rings is 3. The molecule has 0 aromatic heterocycles.